The number of carbonyl (C=O) groups is 1. The van der Waals surface area contributed by atoms with Crippen molar-refractivity contribution < 1.29 is 9.90 Å². The molecule has 70 valence electrons. The summed E-state index contributed by atoms with van der Waals surface area (Å²) >= 11 is 0. The van der Waals surface area contributed by atoms with Gasteiger partial charge in [-0.25, -0.2) is 4.79 Å². The number of rotatable bonds is 3. The van der Waals surface area contributed by atoms with Crippen LogP contribution in [0.25, 0.3) is 0 Å². The first-order valence-electron chi connectivity index (χ1n) is 4.10. The van der Waals surface area contributed by atoms with Crippen molar-refractivity contribution in [2.24, 2.45) is 0 Å². The van der Waals surface area contributed by atoms with Gasteiger partial charge in [-0.2, -0.15) is 0 Å². The summed E-state index contributed by atoms with van der Waals surface area (Å²) in [6, 6.07) is 0. The second-order valence-electron chi connectivity index (χ2n) is 2.37. The van der Waals surface area contributed by atoms with E-state index >= 15 is 0 Å². The number of aliphatic carboxylic acids is 1. The third-order valence-corrected chi connectivity index (χ3v) is 1.00. The second kappa shape index (κ2) is 9.95. The lowest BCUT2D eigenvalue weighted by molar-refractivity contribution is -0.132. The van der Waals surface area contributed by atoms with E-state index in [0.717, 1.165) is 0 Å². The molecule has 0 aromatic rings. The second-order valence-corrected chi connectivity index (χ2v) is 2.37. The largest absolute Gasteiger partial charge is 0.478 e. The molecule has 0 atom stereocenters. The van der Waals surface area contributed by atoms with Gasteiger partial charge in [-0.3, -0.25) is 0 Å². The number of hydrogen-bond donors (Lipinski definition) is 1. The summed E-state index contributed by atoms with van der Waals surface area (Å²) in [7, 11) is 0. The van der Waals surface area contributed by atoms with Gasteiger partial charge in [0.25, 0.3) is 0 Å². The maximum absolute atomic E-state index is 9.60. The fourth-order valence-electron chi connectivity index (χ4n) is 0.333. The van der Waals surface area contributed by atoms with E-state index in [1.807, 2.05) is 0 Å². The van der Waals surface area contributed by atoms with Gasteiger partial charge in [0.05, 0.1) is 0 Å². The minimum absolute atomic E-state index is 0.176. The van der Waals surface area contributed by atoms with E-state index in [1.165, 1.54) is 19.8 Å². The average molecular weight is 170 g/mol. The van der Waals surface area contributed by atoms with Crippen LogP contribution in [-0.4, -0.2) is 11.1 Å². The Morgan fingerprint density at radius 3 is 1.67 bits per heavy atom. The molecule has 2 heteroatoms. The molecule has 0 spiro atoms. The van der Waals surface area contributed by atoms with Crippen molar-refractivity contribution in [1.82, 2.24) is 0 Å². The highest BCUT2D eigenvalue weighted by molar-refractivity contribution is 5.84. The molecule has 0 bridgehead atoms. The Morgan fingerprint density at radius 1 is 1.33 bits per heavy atom. The molecule has 0 aromatic heterocycles. The summed E-state index contributed by atoms with van der Waals surface area (Å²) in [4.78, 5) is 9.60. The first-order chi connectivity index (χ1) is 5.56. The molecule has 12 heavy (non-hydrogen) atoms. The lowest BCUT2D eigenvalue weighted by atomic mass is 10.4. The Bertz CT molecular complexity index is 139. The van der Waals surface area contributed by atoms with Crippen molar-refractivity contribution in [1.29, 1.82) is 0 Å². The van der Waals surface area contributed by atoms with Crippen LogP contribution < -0.4 is 0 Å². The van der Waals surface area contributed by atoms with Crippen LogP contribution in [-0.2, 0) is 4.79 Å². The van der Waals surface area contributed by atoms with Crippen LogP contribution in [0.2, 0.25) is 0 Å². The molecular weight excluding hydrogens is 152 g/mol. The molecule has 1 N–H and O–H groups in total. The van der Waals surface area contributed by atoms with Gasteiger partial charge in [0.15, 0.2) is 0 Å². The van der Waals surface area contributed by atoms with Gasteiger partial charge in [-0.15, -0.1) is 0 Å². The van der Waals surface area contributed by atoms with E-state index in [4.69, 9.17) is 5.11 Å². The average Bonchev–Trinajstić information content (AvgIpc) is 2.02. The Labute approximate surface area is 74.6 Å². The van der Waals surface area contributed by atoms with Crippen LogP contribution in [0.4, 0.5) is 0 Å². The van der Waals surface area contributed by atoms with Gasteiger partial charge < -0.3 is 5.11 Å². The summed E-state index contributed by atoms with van der Waals surface area (Å²) in [6.07, 6.45) is 6.71. The lowest BCUT2D eigenvalue weighted by Crippen LogP contribution is -1.92. The third-order valence-electron chi connectivity index (χ3n) is 1.00. The SMILES string of the molecule is C=C(C)C(=O)O.CC/C=C/CC. The van der Waals surface area contributed by atoms with Crippen LogP contribution in [0.15, 0.2) is 24.3 Å². The van der Waals surface area contributed by atoms with E-state index in [2.05, 4.69) is 32.6 Å². The zero-order valence-corrected chi connectivity index (χ0v) is 8.13. The number of carboxylic acids is 1. The molecule has 0 aliphatic rings. The Morgan fingerprint density at radius 2 is 1.58 bits per heavy atom. The van der Waals surface area contributed by atoms with Gasteiger partial charge in [-0.05, 0) is 19.8 Å². The van der Waals surface area contributed by atoms with Gasteiger partial charge in [0, 0.05) is 5.57 Å². The highest BCUT2D eigenvalue weighted by atomic mass is 16.4. The van der Waals surface area contributed by atoms with Crippen molar-refractivity contribution in [3.05, 3.63) is 24.3 Å². The van der Waals surface area contributed by atoms with Crippen LogP contribution in [0.1, 0.15) is 33.6 Å². The molecule has 0 radical (unpaired) electrons. The van der Waals surface area contributed by atoms with Gasteiger partial charge in [0.2, 0.25) is 0 Å². The number of carboxylic acid groups (broad SMARTS) is 1. The third kappa shape index (κ3) is 16.0. The van der Waals surface area contributed by atoms with Crippen LogP contribution in [0, 0.1) is 0 Å². The van der Waals surface area contributed by atoms with E-state index in [0.29, 0.717) is 0 Å². The minimum atomic E-state index is -0.935. The first-order valence-corrected chi connectivity index (χ1v) is 4.10. The van der Waals surface area contributed by atoms with Crippen molar-refractivity contribution >= 4 is 5.97 Å². The molecule has 0 aliphatic heterocycles. The first kappa shape index (κ1) is 13.5. The highest BCUT2D eigenvalue weighted by Crippen LogP contribution is 1.81. The molecule has 0 amide bonds. The number of hydrogen-bond acceptors (Lipinski definition) is 1. The predicted octanol–water partition coefficient (Wildman–Crippen LogP) is 3.01. The van der Waals surface area contributed by atoms with Crippen molar-refractivity contribution in [3.63, 3.8) is 0 Å². The Kier molecular flexibility index (Phi) is 11.2. The molecule has 0 rings (SSSR count). The van der Waals surface area contributed by atoms with E-state index in [9.17, 15) is 4.79 Å². The summed E-state index contributed by atoms with van der Waals surface area (Å²) < 4.78 is 0. The quantitative estimate of drug-likeness (QED) is 0.522. The standard InChI is InChI=1S/C6H12.C4H6O2/c1-3-5-6-4-2;1-3(2)4(5)6/h5-6H,3-4H2,1-2H3;1H2,2H3,(H,5,6)/b6-5+;. The van der Waals surface area contributed by atoms with Crippen LogP contribution in [0.5, 0.6) is 0 Å². The van der Waals surface area contributed by atoms with E-state index < -0.39 is 5.97 Å². The molecule has 2 nitrogen and oxygen atoms in total. The maximum atomic E-state index is 9.60. The predicted molar refractivity (Wildman–Crippen MR) is 52.2 cm³/mol. The topological polar surface area (TPSA) is 37.3 Å². The van der Waals surface area contributed by atoms with Crippen molar-refractivity contribution in [3.8, 4) is 0 Å². The van der Waals surface area contributed by atoms with Crippen molar-refractivity contribution in [2.45, 2.75) is 33.6 Å². The maximum Gasteiger partial charge on any atom is 0.330 e. The molecule has 0 saturated heterocycles. The number of allylic oxidation sites excluding steroid dienone is 2. The van der Waals surface area contributed by atoms with E-state index in [1.54, 1.807) is 0 Å². The zero-order chi connectivity index (χ0) is 9.98. The minimum Gasteiger partial charge on any atom is -0.478 e. The summed E-state index contributed by atoms with van der Waals surface area (Å²) in [5.74, 6) is -0.935. The van der Waals surface area contributed by atoms with E-state index in [-0.39, 0.29) is 5.57 Å². The molecule has 0 unspecified atom stereocenters. The van der Waals surface area contributed by atoms with Gasteiger partial charge >= 0.3 is 5.97 Å². The summed E-state index contributed by atoms with van der Waals surface area (Å²) in [6.45, 7) is 8.89. The lowest BCUT2D eigenvalue weighted by Gasteiger charge is -1.79. The monoisotopic (exact) mass is 170 g/mol. The molecule has 0 heterocycles. The molecular formula is C10H18O2. The normalized spacial score (nSPS) is 8.92. The summed E-state index contributed by atoms with van der Waals surface area (Å²) in [5, 5.41) is 7.89. The highest BCUT2D eigenvalue weighted by Gasteiger charge is 1.90. The van der Waals surface area contributed by atoms with Crippen LogP contribution in [0.3, 0.4) is 0 Å². The molecule has 0 aromatic carbocycles. The van der Waals surface area contributed by atoms with Crippen molar-refractivity contribution in [2.75, 3.05) is 0 Å². The Hall–Kier alpha value is -1.05. The fourth-order valence-corrected chi connectivity index (χ4v) is 0.333. The van der Waals surface area contributed by atoms with Gasteiger partial charge in [-0.1, -0.05) is 32.6 Å². The van der Waals surface area contributed by atoms with Gasteiger partial charge in [0.1, 0.15) is 0 Å². The molecule has 0 fully saturated rings. The molecule has 0 aliphatic carbocycles. The van der Waals surface area contributed by atoms with Crippen LogP contribution >= 0.6 is 0 Å². The summed E-state index contributed by atoms with van der Waals surface area (Å²) in [5.41, 5.74) is 0.176. The smallest absolute Gasteiger partial charge is 0.330 e. The zero-order valence-electron chi connectivity index (χ0n) is 8.13. The molecule has 0 saturated carbocycles. The fraction of sp³-hybridized carbons (Fsp3) is 0.500. The Balaban J connectivity index is 0.